The third-order valence-electron chi connectivity index (χ3n) is 3.68. The van der Waals surface area contributed by atoms with E-state index in [1.165, 1.54) is 24.5 Å². The number of aliphatic hydroxyl groups is 1. The number of aliphatic hydroxyl groups excluding tert-OH is 1. The van der Waals surface area contributed by atoms with Crippen LogP contribution in [0.4, 0.5) is 0 Å². The van der Waals surface area contributed by atoms with Crippen LogP contribution in [0.5, 0.6) is 0 Å². The van der Waals surface area contributed by atoms with Crippen molar-refractivity contribution >= 4 is 22.7 Å². The third-order valence-corrected chi connectivity index (χ3v) is 7.49. The van der Waals surface area contributed by atoms with E-state index >= 15 is 0 Å². The molecule has 0 spiro atoms. The van der Waals surface area contributed by atoms with Gasteiger partial charge >= 0.3 is 0 Å². The maximum absolute atomic E-state index is 9.08. The first kappa shape index (κ1) is 19.6. The van der Waals surface area contributed by atoms with E-state index in [2.05, 4.69) is 61.7 Å². The summed E-state index contributed by atoms with van der Waals surface area (Å²) in [6.07, 6.45) is 4.59. The number of allylic oxidation sites excluding steroid dienone is 2. The van der Waals surface area contributed by atoms with E-state index in [4.69, 9.17) is 5.11 Å². The number of fused-ring (bicyclic) bond motifs is 1. The second-order valence-corrected chi connectivity index (χ2v) is 8.16. The monoisotopic (exact) mass is 369 g/mol. The third kappa shape index (κ3) is 4.30. The minimum absolute atomic E-state index is 0.156. The van der Waals surface area contributed by atoms with Gasteiger partial charge in [0.05, 0.1) is 9.80 Å². The molecule has 2 aromatic carbocycles. The second kappa shape index (κ2) is 9.71. The Morgan fingerprint density at radius 3 is 2.28 bits per heavy atom. The highest BCUT2D eigenvalue weighted by atomic mass is 32.2. The number of benzene rings is 2. The SMILES string of the molecule is C=CC1=C(C=C)[S+](c2ccc(CCO)cc2)c2ccccc2S1.CC. The largest absolute Gasteiger partial charge is 0.396 e. The van der Waals surface area contributed by atoms with E-state index in [0.29, 0.717) is 6.42 Å². The van der Waals surface area contributed by atoms with E-state index in [0.717, 1.165) is 5.56 Å². The molecule has 1 heterocycles. The van der Waals surface area contributed by atoms with Gasteiger partial charge in [-0.15, -0.1) is 0 Å². The highest BCUT2D eigenvalue weighted by Crippen LogP contribution is 2.47. The molecule has 25 heavy (non-hydrogen) atoms. The van der Waals surface area contributed by atoms with Gasteiger partial charge in [0.2, 0.25) is 0 Å². The summed E-state index contributed by atoms with van der Waals surface area (Å²) in [6.45, 7) is 12.2. The summed E-state index contributed by atoms with van der Waals surface area (Å²) in [6, 6.07) is 17.1. The molecule has 1 aliphatic heterocycles. The van der Waals surface area contributed by atoms with Gasteiger partial charge in [-0.25, -0.2) is 0 Å². The zero-order chi connectivity index (χ0) is 18.2. The van der Waals surface area contributed by atoms with Crippen molar-refractivity contribution < 1.29 is 5.11 Å². The van der Waals surface area contributed by atoms with Crippen LogP contribution in [0.25, 0.3) is 0 Å². The summed E-state index contributed by atoms with van der Waals surface area (Å²) >= 11 is 1.76. The average Bonchev–Trinajstić information content (AvgIpc) is 2.69. The Morgan fingerprint density at radius 2 is 1.68 bits per heavy atom. The van der Waals surface area contributed by atoms with Crippen LogP contribution < -0.4 is 0 Å². The van der Waals surface area contributed by atoms with Gasteiger partial charge in [-0.2, -0.15) is 0 Å². The van der Waals surface area contributed by atoms with Crippen molar-refractivity contribution in [3.8, 4) is 0 Å². The normalized spacial score (nSPS) is 15.7. The Bertz CT molecular complexity index is 760. The van der Waals surface area contributed by atoms with Gasteiger partial charge in [0.25, 0.3) is 0 Å². The molecule has 0 saturated carbocycles. The summed E-state index contributed by atoms with van der Waals surface area (Å²) in [5.74, 6) is 0. The lowest BCUT2D eigenvalue weighted by Crippen LogP contribution is -2.12. The Labute approximate surface area is 158 Å². The standard InChI is InChI=1S/C20H19OS2.C2H6/c1-3-17-19(4-2)23(20-8-6-5-7-18(20)22-17)16-11-9-15(10-12-16)13-14-21;1-2/h3-12,21H,1-2,13-14H2;1-2H3/q+1;. The van der Waals surface area contributed by atoms with Crippen molar-refractivity contribution in [1.29, 1.82) is 0 Å². The number of thioether (sulfide) groups is 1. The van der Waals surface area contributed by atoms with Crippen LogP contribution in [0.15, 0.2) is 98.3 Å². The van der Waals surface area contributed by atoms with Gasteiger partial charge in [-0.05, 0) is 42.3 Å². The van der Waals surface area contributed by atoms with Gasteiger partial charge in [0, 0.05) is 6.61 Å². The fraction of sp³-hybridized carbons (Fsp3) is 0.182. The predicted molar refractivity (Wildman–Crippen MR) is 112 cm³/mol. The van der Waals surface area contributed by atoms with Gasteiger partial charge in [-0.1, -0.05) is 69.1 Å². The van der Waals surface area contributed by atoms with Crippen LogP contribution in [0.3, 0.4) is 0 Å². The number of hydrogen-bond acceptors (Lipinski definition) is 2. The molecule has 1 unspecified atom stereocenters. The fourth-order valence-corrected chi connectivity index (χ4v) is 6.25. The van der Waals surface area contributed by atoms with Crippen LogP contribution in [-0.4, -0.2) is 11.7 Å². The molecule has 1 atom stereocenters. The van der Waals surface area contributed by atoms with Crippen molar-refractivity contribution in [2.45, 2.75) is 35.0 Å². The van der Waals surface area contributed by atoms with Gasteiger partial charge < -0.3 is 5.11 Å². The second-order valence-electron chi connectivity index (χ2n) is 5.11. The average molecular weight is 370 g/mol. The Morgan fingerprint density at radius 1 is 1.00 bits per heavy atom. The van der Waals surface area contributed by atoms with Crippen LogP contribution >= 0.6 is 11.8 Å². The molecule has 0 aromatic heterocycles. The van der Waals surface area contributed by atoms with Gasteiger partial charge in [-0.3, -0.25) is 0 Å². The van der Waals surface area contributed by atoms with E-state index in [1.807, 2.05) is 26.0 Å². The molecule has 0 aliphatic carbocycles. The zero-order valence-corrected chi connectivity index (χ0v) is 16.5. The first-order valence-electron chi connectivity index (χ1n) is 8.48. The molecular weight excluding hydrogens is 344 g/mol. The molecule has 3 rings (SSSR count). The minimum Gasteiger partial charge on any atom is -0.396 e. The van der Waals surface area contributed by atoms with Crippen LogP contribution in [0.2, 0.25) is 0 Å². The molecule has 1 nitrogen and oxygen atoms in total. The van der Waals surface area contributed by atoms with E-state index in [9.17, 15) is 0 Å². The molecule has 130 valence electrons. The highest BCUT2D eigenvalue weighted by molar-refractivity contribution is 8.08. The van der Waals surface area contributed by atoms with Crippen molar-refractivity contribution in [2.24, 2.45) is 0 Å². The lowest BCUT2D eigenvalue weighted by molar-refractivity contribution is 0.299. The summed E-state index contributed by atoms with van der Waals surface area (Å²) < 4.78 is 0. The van der Waals surface area contributed by atoms with Crippen molar-refractivity contribution in [1.82, 2.24) is 0 Å². The molecule has 2 aromatic rings. The molecule has 1 N–H and O–H groups in total. The lowest BCUT2D eigenvalue weighted by atomic mass is 10.2. The molecule has 0 bridgehead atoms. The molecule has 3 heteroatoms. The van der Waals surface area contributed by atoms with Gasteiger partial charge in [0.15, 0.2) is 14.7 Å². The topological polar surface area (TPSA) is 20.2 Å². The van der Waals surface area contributed by atoms with E-state index in [-0.39, 0.29) is 17.5 Å². The highest BCUT2D eigenvalue weighted by Gasteiger charge is 2.37. The van der Waals surface area contributed by atoms with Crippen molar-refractivity contribution in [3.63, 3.8) is 0 Å². The number of hydrogen-bond donors (Lipinski definition) is 1. The molecule has 0 saturated heterocycles. The fourth-order valence-electron chi connectivity index (χ4n) is 2.59. The summed E-state index contributed by atoms with van der Waals surface area (Å²) in [5, 5.41) is 9.08. The first-order valence-corrected chi connectivity index (χ1v) is 10.5. The predicted octanol–water partition coefficient (Wildman–Crippen LogP) is 5.97. The Kier molecular flexibility index (Phi) is 7.63. The van der Waals surface area contributed by atoms with Crippen molar-refractivity contribution in [2.75, 3.05) is 6.61 Å². The maximum atomic E-state index is 9.08. The van der Waals surface area contributed by atoms with Crippen molar-refractivity contribution in [3.05, 3.63) is 89.2 Å². The first-order chi connectivity index (χ1) is 12.3. The smallest absolute Gasteiger partial charge is 0.180 e. The molecule has 0 amide bonds. The van der Waals surface area contributed by atoms with Crippen LogP contribution in [-0.2, 0) is 17.3 Å². The van der Waals surface area contributed by atoms with E-state index < -0.39 is 0 Å². The minimum atomic E-state index is -0.156. The molecule has 0 radical (unpaired) electrons. The van der Waals surface area contributed by atoms with E-state index in [1.54, 1.807) is 11.8 Å². The van der Waals surface area contributed by atoms with Gasteiger partial charge in [0.1, 0.15) is 10.9 Å². The zero-order valence-electron chi connectivity index (χ0n) is 14.9. The Balaban J connectivity index is 0.00000109. The Hall–Kier alpha value is -1.68. The van der Waals surface area contributed by atoms with Crippen LogP contribution in [0.1, 0.15) is 19.4 Å². The maximum Gasteiger partial charge on any atom is 0.180 e. The number of rotatable bonds is 5. The summed E-state index contributed by atoms with van der Waals surface area (Å²) in [7, 11) is -0.156. The van der Waals surface area contributed by atoms with Crippen LogP contribution in [0, 0.1) is 0 Å². The summed E-state index contributed by atoms with van der Waals surface area (Å²) in [4.78, 5) is 6.32. The molecular formula is C22H25OS2+. The summed E-state index contributed by atoms with van der Waals surface area (Å²) in [5.41, 5.74) is 1.16. The molecule has 1 aliphatic rings. The lowest BCUT2D eigenvalue weighted by Gasteiger charge is -2.19. The molecule has 0 fully saturated rings. The quantitative estimate of drug-likeness (QED) is 0.655.